The molecule has 0 spiro atoms. The first-order valence-electron chi connectivity index (χ1n) is 4.02. The minimum atomic E-state index is 0.178. The van der Waals surface area contributed by atoms with Crippen LogP contribution in [0.1, 0.15) is 35.9 Å². The molecule has 0 amide bonds. The average molecular weight is 203 g/mol. The van der Waals surface area contributed by atoms with Crippen LogP contribution in [-0.4, -0.2) is 5.78 Å². The molecule has 1 rings (SSSR count). The molecule has 0 saturated carbocycles. The van der Waals surface area contributed by atoms with Crippen LogP contribution in [0.4, 0.5) is 0 Å². The third kappa shape index (κ3) is 2.32. The average Bonchev–Trinajstić information content (AvgIpc) is 2.47. The monoisotopic (exact) mass is 202 g/mol. The molecule has 1 aromatic heterocycles. The number of thiophene rings is 1. The third-order valence-corrected chi connectivity index (χ3v) is 3.01. The zero-order valence-electron chi connectivity index (χ0n) is 6.97. The van der Waals surface area contributed by atoms with E-state index < -0.39 is 0 Å². The van der Waals surface area contributed by atoms with Crippen LogP contribution in [0.3, 0.4) is 0 Å². The number of hydrogen-bond donors (Lipinski definition) is 0. The van der Waals surface area contributed by atoms with Crippen molar-refractivity contribution in [3.05, 3.63) is 21.3 Å². The number of Topliss-reactive ketones (excluding diaryl/α,β-unsaturated/α-hetero) is 1. The third-order valence-electron chi connectivity index (χ3n) is 1.63. The van der Waals surface area contributed by atoms with Crippen molar-refractivity contribution in [2.45, 2.75) is 26.2 Å². The highest BCUT2D eigenvalue weighted by molar-refractivity contribution is 7.12. The summed E-state index contributed by atoms with van der Waals surface area (Å²) >= 11 is 7.23. The largest absolute Gasteiger partial charge is 0.293 e. The summed E-state index contributed by atoms with van der Waals surface area (Å²) in [5, 5.41) is 2.45. The summed E-state index contributed by atoms with van der Waals surface area (Å²) in [4.78, 5) is 12.1. The van der Waals surface area contributed by atoms with Gasteiger partial charge in [-0.1, -0.05) is 24.9 Å². The molecule has 0 bridgehead atoms. The Hall–Kier alpha value is -0.340. The highest BCUT2D eigenvalue weighted by atomic mass is 35.5. The van der Waals surface area contributed by atoms with Crippen molar-refractivity contribution >= 4 is 28.7 Å². The highest BCUT2D eigenvalue weighted by Gasteiger charge is 2.10. The first-order chi connectivity index (χ1) is 5.75. The lowest BCUT2D eigenvalue weighted by Gasteiger charge is -1.95. The van der Waals surface area contributed by atoms with Crippen LogP contribution in [0.25, 0.3) is 0 Å². The Balaban J connectivity index is 2.59. The van der Waals surface area contributed by atoms with Gasteiger partial charge in [0.15, 0.2) is 5.78 Å². The van der Waals surface area contributed by atoms with Crippen LogP contribution in [0.2, 0.25) is 5.02 Å². The molecule has 0 aromatic carbocycles. The van der Waals surface area contributed by atoms with Crippen LogP contribution in [0.15, 0.2) is 11.4 Å². The Bertz CT molecular complexity index is 267. The molecule has 1 aromatic rings. The van der Waals surface area contributed by atoms with E-state index in [1.165, 1.54) is 11.3 Å². The summed E-state index contributed by atoms with van der Waals surface area (Å²) in [6.45, 7) is 2.07. The lowest BCUT2D eigenvalue weighted by molar-refractivity contribution is 0.0984. The molecule has 1 heterocycles. The van der Waals surface area contributed by atoms with Gasteiger partial charge in [-0.2, -0.15) is 0 Å². The molecule has 0 N–H and O–H groups in total. The number of hydrogen-bond acceptors (Lipinski definition) is 2. The van der Waals surface area contributed by atoms with Gasteiger partial charge in [-0.15, -0.1) is 11.3 Å². The van der Waals surface area contributed by atoms with E-state index in [-0.39, 0.29) is 5.78 Å². The second-order valence-corrected chi connectivity index (χ2v) is 3.95. The second kappa shape index (κ2) is 4.63. The lowest BCUT2D eigenvalue weighted by Crippen LogP contribution is -1.95. The van der Waals surface area contributed by atoms with Gasteiger partial charge in [0.1, 0.15) is 0 Å². The molecular formula is C9H11ClOS. The molecule has 0 fully saturated rings. The van der Waals surface area contributed by atoms with E-state index in [9.17, 15) is 4.79 Å². The van der Waals surface area contributed by atoms with E-state index in [1.54, 1.807) is 6.07 Å². The predicted octanol–water partition coefficient (Wildman–Crippen LogP) is 3.77. The minimum absolute atomic E-state index is 0.178. The summed E-state index contributed by atoms with van der Waals surface area (Å²) < 4.78 is 0. The van der Waals surface area contributed by atoms with Gasteiger partial charge in [0.05, 0.1) is 9.90 Å². The number of rotatable bonds is 4. The van der Waals surface area contributed by atoms with Crippen LogP contribution in [0, 0.1) is 0 Å². The van der Waals surface area contributed by atoms with Crippen LogP contribution in [0.5, 0.6) is 0 Å². The van der Waals surface area contributed by atoms with Crippen LogP contribution < -0.4 is 0 Å². The maximum Gasteiger partial charge on any atom is 0.174 e. The first kappa shape index (κ1) is 9.75. The van der Waals surface area contributed by atoms with Crippen LogP contribution in [-0.2, 0) is 0 Å². The molecule has 0 unspecified atom stereocenters. The van der Waals surface area contributed by atoms with Gasteiger partial charge < -0.3 is 0 Å². The molecule has 0 aliphatic heterocycles. The number of halogens is 1. The molecule has 3 heteroatoms. The Morgan fingerprint density at radius 2 is 2.42 bits per heavy atom. The summed E-state index contributed by atoms with van der Waals surface area (Å²) in [7, 11) is 0. The van der Waals surface area contributed by atoms with Crippen LogP contribution >= 0.6 is 22.9 Å². The second-order valence-electron chi connectivity index (χ2n) is 2.62. The summed E-state index contributed by atoms with van der Waals surface area (Å²) in [6.07, 6.45) is 2.62. The van der Waals surface area contributed by atoms with Gasteiger partial charge >= 0.3 is 0 Å². The van der Waals surface area contributed by atoms with Crippen molar-refractivity contribution in [2.24, 2.45) is 0 Å². The molecule has 0 aliphatic rings. The standard InChI is InChI=1S/C9H11ClOS/c1-2-3-4-8(11)9-7(10)5-6-12-9/h5-6H,2-4H2,1H3. The van der Waals surface area contributed by atoms with E-state index >= 15 is 0 Å². The summed E-state index contributed by atoms with van der Waals surface area (Å²) in [6, 6.07) is 1.77. The summed E-state index contributed by atoms with van der Waals surface area (Å²) in [5.41, 5.74) is 0. The lowest BCUT2D eigenvalue weighted by atomic mass is 10.1. The van der Waals surface area contributed by atoms with Crippen molar-refractivity contribution < 1.29 is 4.79 Å². The van der Waals surface area contributed by atoms with Gasteiger partial charge in [0.2, 0.25) is 0 Å². The maximum atomic E-state index is 11.4. The van der Waals surface area contributed by atoms with Gasteiger partial charge in [-0.05, 0) is 17.9 Å². The molecule has 0 radical (unpaired) electrons. The molecular weight excluding hydrogens is 192 g/mol. The van der Waals surface area contributed by atoms with E-state index in [0.717, 1.165) is 12.8 Å². The van der Waals surface area contributed by atoms with Gasteiger partial charge in [0, 0.05) is 6.42 Å². The number of ketones is 1. The fourth-order valence-corrected chi connectivity index (χ4v) is 2.07. The molecule has 66 valence electrons. The molecule has 0 aliphatic carbocycles. The van der Waals surface area contributed by atoms with E-state index in [1.807, 2.05) is 5.38 Å². The normalized spacial score (nSPS) is 10.2. The molecule has 0 atom stereocenters. The Morgan fingerprint density at radius 3 is 2.92 bits per heavy atom. The zero-order chi connectivity index (χ0) is 8.97. The van der Waals surface area contributed by atoms with Crippen molar-refractivity contribution in [1.82, 2.24) is 0 Å². The molecule has 0 saturated heterocycles. The fraction of sp³-hybridized carbons (Fsp3) is 0.444. The molecule has 12 heavy (non-hydrogen) atoms. The minimum Gasteiger partial charge on any atom is -0.293 e. The van der Waals surface area contributed by atoms with E-state index in [4.69, 9.17) is 11.6 Å². The van der Waals surface area contributed by atoms with Crippen molar-refractivity contribution in [3.8, 4) is 0 Å². The van der Waals surface area contributed by atoms with Crippen molar-refractivity contribution in [2.75, 3.05) is 0 Å². The van der Waals surface area contributed by atoms with E-state index in [2.05, 4.69) is 6.92 Å². The SMILES string of the molecule is CCCCC(=O)c1sccc1Cl. The first-order valence-corrected chi connectivity index (χ1v) is 5.27. The quantitative estimate of drug-likeness (QED) is 0.680. The Labute approximate surface area is 81.4 Å². The van der Waals surface area contributed by atoms with Crippen molar-refractivity contribution in [3.63, 3.8) is 0 Å². The molecule has 1 nitrogen and oxygen atoms in total. The number of unbranched alkanes of at least 4 members (excludes halogenated alkanes) is 1. The predicted molar refractivity (Wildman–Crippen MR) is 53.2 cm³/mol. The topological polar surface area (TPSA) is 17.1 Å². The van der Waals surface area contributed by atoms with Crippen molar-refractivity contribution in [1.29, 1.82) is 0 Å². The Kier molecular flexibility index (Phi) is 3.76. The summed E-state index contributed by atoms with van der Waals surface area (Å²) in [5.74, 6) is 0.178. The van der Waals surface area contributed by atoms with E-state index in [0.29, 0.717) is 16.3 Å². The fourth-order valence-electron chi connectivity index (χ4n) is 0.944. The van der Waals surface area contributed by atoms with Gasteiger partial charge in [-0.25, -0.2) is 0 Å². The van der Waals surface area contributed by atoms with Gasteiger partial charge in [-0.3, -0.25) is 4.79 Å². The maximum absolute atomic E-state index is 11.4. The highest BCUT2D eigenvalue weighted by Crippen LogP contribution is 2.23. The number of carbonyl (C=O) groups excluding carboxylic acids is 1. The zero-order valence-corrected chi connectivity index (χ0v) is 8.54. The van der Waals surface area contributed by atoms with Gasteiger partial charge in [0.25, 0.3) is 0 Å². The smallest absolute Gasteiger partial charge is 0.174 e. The number of carbonyl (C=O) groups is 1. The Morgan fingerprint density at radius 1 is 1.67 bits per heavy atom.